The average Bonchev–Trinajstić information content (AvgIpc) is 3.18. The topological polar surface area (TPSA) is 68.8 Å². The first-order valence-electron chi connectivity index (χ1n) is 7.14. The number of furan rings is 1. The van der Waals surface area contributed by atoms with Crippen molar-refractivity contribution < 1.29 is 4.42 Å². The molecule has 0 fully saturated rings. The number of nitrogens with one attached hydrogen (secondary N) is 1. The molecule has 0 unspecified atom stereocenters. The summed E-state index contributed by atoms with van der Waals surface area (Å²) in [5.41, 5.74) is 1.98. The highest BCUT2D eigenvalue weighted by atomic mass is 35.5. The molecule has 6 nitrogen and oxygen atoms in total. The first kappa shape index (κ1) is 15.3. The highest BCUT2D eigenvalue weighted by molar-refractivity contribution is 6.31. The van der Waals surface area contributed by atoms with Crippen LogP contribution in [-0.2, 0) is 13.1 Å². The van der Waals surface area contributed by atoms with Crippen LogP contribution in [0, 0.1) is 6.92 Å². The van der Waals surface area contributed by atoms with E-state index in [1.165, 1.54) is 0 Å². The molecule has 0 aliphatic rings. The molecule has 0 bridgehead atoms. The normalized spacial score (nSPS) is 10.7. The first-order valence-corrected chi connectivity index (χ1v) is 7.52. The van der Waals surface area contributed by atoms with Gasteiger partial charge >= 0.3 is 0 Å². The number of benzene rings is 1. The van der Waals surface area contributed by atoms with E-state index in [1.54, 1.807) is 10.8 Å². The minimum absolute atomic E-state index is 0.483. The molecule has 0 amide bonds. The lowest BCUT2D eigenvalue weighted by Crippen LogP contribution is -2.07. The monoisotopic (exact) mass is 329 g/mol. The second-order valence-corrected chi connectivity index (χ2v) is 5.41. The summed E-state index contributed by atoms with van der Waals surface area (Å²) in [6.45, 7) is 6.67. The number of rotatable bonds is 6. The van der Waals surface area contributed by atoms with E-state index in [-0.39, 0.29) is 0 Å². The van der Waals surface area contributed by atoms with Gasteiger partial charge in [0.25, 0.3) is 0 Å². The molecule has 3 rings (SSSR count). The number of tetrazole rings is 1. The number of hydrogen-bond acceptors (Lipinski definition) is 5. The Bertz CT molecular complexity index is 823. The molecule has 2 aromatic heterocycles. The molecule has 23 heavy (non-hydrogen) atoms. The van der Waals surface area contributed by atoms with Crippen LogP contribution in [-0.4, -0.2) is 20.2 Å². The molecule has 0 saturated carbocycles. The molecular formula is C16H16ClN5O. The summed E-state index contributed by atoms with van der Waals surface area (Å²) in [6.07, 6.45) is 1.73. The molecule has 0 aliphatic carbocycles. The molecule has 1 aromatic carbocycles. The third-order valence-electron chi connectivity index (χ3n) is 3.45. The van der Waals surface area contributed by atoms with E-state index in [2.05, 4.69) is 27.4 Å². The first-order chi connectivity index (χ1) is 11.2. The van der Waals surface area contributed by atoms with Crippen molar-refractivity contribution in [2.24, 2.45) is 0 Å². The third kappa shape index (κ3) is 3.27. The van der Waals surface area contributed by atoms with Crippen molar-refractivity contribution in [3.8, 4) is 11.3 Å². The van der Waals surface area contributed by atoms with Crippen molar-refractivity contribution in [2.45, 2.75) is 20.0 Å². The number of halogens is 1. The van der Waals surface area contributed by atoms with Gasteiger partial charge in [-0.25, -0.2) is 4.68 Å². The highest BCUT2D eigenvalue weighted by Gasteiger charge is 2.10. The van der Waals surface area contributed by atoms with E-state index >= 15 is 0 Å². The summed E-state index contributed by atoms with van der Waals surface area (Å²) >= 11 is 6.16. The fourth-order valence-corrected chi connectivity index (χ4v) is 2.41. The van der Waals surface area contributed by atoms with E-state index in [1.807, 2.05) is 37.3 Å². The maximum atomic E-state index is 6.16. The molecular weight excluding hydrogens is 314 g/mol. The zero-order chi connectivity index (χ0) is 16.2. The second kappa shape index (κ2) is 6.66. The van der Waals surface area contributed by atoms with Crippen molar-refractivity contribution >= 4 is 17.5 Å². The van der Waals surface area contributed by atoms with Crippen LogP contribution < -0.4 is 5.32 Å². The largest absolute Gasteiger partial charge is 0.459 e. The van der Waals surface area contributed by atoms with Crippen molar-refractivity contribution in [2.75, 3.05) is 5.32 Å². The minimum atomic E-state index is 0.483. The van der Waals surface area contributed by atoms with E-state index < -0.39 is 0 Å². The predicted molar refractivity (Wildman–Crippen MR) is 89.2 cm³/mol. The van der Waals surface area contributed by atoms with E-state index in [4.69, 9.17) is 16.0 Å². The second-order valence-electron chi connectivity index (χ2n) is 5.01. The van der Waals surface area contributed by atoms with E-state index in [0.29, 0.717) is 19.0 Å². The van der Waals surface area contributed by atoms with Crippen LogP contribution in [0.3, 0.4) is 0 Å². The van der Waals surface area contributed by atoms with Crippen LogP contribution in [0.2, 0.25) is 5.02 Å². The molecule has 0 spiro atoms. The summed E-state index contributed by atoms with van der Waals surface area (Å²) in [6, 6.07) is 9.62. The zero-order valence-corrected chi connectivity index (χ0v) is 13.4. The van der Waals surface area contributed by atoms with Gasteiger partial charge in [-0.15, -0.1) is 6.58 Å². The van der Waals surface area contributed by atoms with Gasteiger partial charge in [-0.05, 0) is 41.1 Å². The van der Waals surface area contributed by atoms with Gasteiger partial charge in [0.2, 0.25) is 5.95 Å². The summed E-state index contributed by atoms with van der Waals surface area (Å²) in [4.78, 5) is 0. The van der Waals surface area contributed by atoms with Gasteiger partial charge in [0.05, 0.1) is 13.1 Å². The quantitative estimate of drug-likeness (QED) is 0.698. The van der Waals surface area contributed by atoms with Gasteiger partial charge in [0.15, 0.2) is 0 Å². The van der Waals surface area contributed by atoms with E-state index in [0.717, 1.165) is 27.7 Å². The van der Waals surface area contributed by atoms with Crippen LogP contribution in [0.25, 0.3) is 11.3 Å². The predicted octanol–water partition coefficient (Wildman–Crippen LogP) is 3.69. The Morgan fingerprint density at radius 3 is 3.04 bits per heavy atom. The standard InChI is InChI=1S/C16H16ClN5O/c1-3-9-22-16(19-20-21-22)18-10-12-7-8-15(23-12)13-5-4-6-14(17)11(13)2/h3-8H,1,9-10H2,2H3,(H,18,19,21). The Labute approximate surface area is 138 Å². The lowest BCUT2D eigenvalue weighted by atomic mass is 10.1. The molecule has 118 valence electrons. The van der Waals surface area contributed by atoms with Gasteiger partial charge in [-0.2, -0.15) is 0 Å². The Morgan fingerprint density at radius 2 is 2.22 bits per heavy atom. The molecule has 3 aromatic rings. The van der Waals surface area contributed by atoms with Crippen LogP contribution in [0.15, 0.2) is 47.4 Å². The van der Waals surface area contributed by atoms with Crippen molar-refractivity contribution in [3.63, 3.8) is 0 Å². The zero-order valence-electron chi connectivity index (χ0n) is 12.7. The third-order valence-corrected chi connectivity index (χ3v) is 3.86. The summed E-state index contributed by atoms with van der Waals surface area (Å²) in [5, 5.41) is 15.3. The summed E-state index contributed by atoms with van der Waals surface area (Å²) < 4.78 is 7.51. The molecule has 0 atom stereocenters. The lowest BCUT2D eigenvalue weighted by Gasteiger charge is -2.05. The van der Waals surface area contributed by atoms with Gasteiger partial charge in [-0.3, -0.25) is 0 Å². The minimum Gasteiger partial charge on any atom is -0.459 e. The fraction of sp³-hybridized carbons (Fsp3) is 0.188. The van der Waals surface area contributed by atoms with Crippen LogP contribution in [0.5, 0.6) is 0 Å². The van der Waals surface area contributed by atoms with Crippen molar-refractivity contribution in [1.29, 1.82) is 0 Å². The summed E-state index contributed by atoms with van der Waals surface area (Å²) in [7, 11) is 0. The lowest BCUT2D eigenvalue weighted by molar-refractivity contribution is 0.529. The average molecular weight is 330 g/mol. The fourth-order valence-electron chi connectivity index (χ4n) is 2.23. The number of allylic oxidation sites excluding steroid dienone is 1. The van der Waals surface area contributed by atoms with Crippen molar-refractivity contribution in [3.05, 3.63) is 59.3 Å². The van der Waals surface area contributed by atoms with Gasteiger partial charge in [0, 0.05) is 10.6 Å². The van der Waals surface area contributed by atoms with Crippen molar-refractivity contribution in [1.82, 2.24) is 20.2 Å². The Morgan fingerprint density at radius 1 is 1.35 bits per heavy atom. The Hall–Kier alpha value is -2.60. The van der Waals surface area contributed by atoms with Crippen LogP contribution in [0.4, 0.5) is 5.95 Å². The smallest absolute Gasteiger partial charge is 0.243 e. The maximum absolute atomic E-state index is 6.16. The maximum Gasteiger partial charge on any atom is 0.243 e. The van der Waals surface area contributed by atoms with Gasteiger partial charge in [-0.1, -0.05) is 34.9 Å². The van der Waals surface area contributed by atoms with Crippen LogP contribution in [0.1, 0.15) is 11.3 Å². The number of anilines is 1. The number of aromatic nitrogens is 4. The SMILES string of the molecule is C=CCn1nnnc1NCc1ccc(-c2cccc(Cl)c2C)o1. The Balaban J connectivity index is 1.73. The van der Waals surface area contributed by atoms with Gasteiger partial charge < -0.3 is 9.73 Å². The van der Waals surface area contributed by atoms with Crippen LogP contribution >= 0.6 is 11.6 Å². The van der Waals surface area contributed by atoms with Gasteiger partial charge in [0.1, 0.15) is 11.5 Å². The molecule has 2 heterocycles. The number of nitrogens with zero attached hydrogens (tertiary/aromatic N) is 4. The molecule has 0 radical (unpaired) electrons. The van der Waals surface area contributed by atoms with E-state index in [9.17, 15) is 0 Å². The molecule has 1 N–H and O–H groups in total. The summed E-state index contributed by atoms with van der Waals surface area (Å²) in [5.74, 6) is 2.14. The Kier molecular flexibility index (Phi) is 4.43. The molecule has 0 saturated heterocycles. The molecule has 7 heteroatoms. The highest BCUT2D eigenvalue weighted by Crippen LogP contribution is 2.29. The number of hydrogen-bond donors (Lipinski definition) is 1. The molecule has 0 aliphatic heterocycles.